The van der Waals surface area contributed by atoms with Gasteiger partial charge in [0.2, 0.25) is 0 Å². The Morgan fingerprint density at radius 1 is 1.07 bits per heavy atom. The van der Waals surface area contributed by atoms with Crippen LogP contribution in [0.1, 0.15) is 15.9 Å². The van der Waals surface area contributed by atoms with Crippen molar-refractivity contribution in [2.75, 3.05) is 5.75 Å². The molecule has 0 amide bonds. The van der Waals surface area contributed by atoms with Crippen LogP contribution in [-0.4, -0.2) is 26.1 Å². The van der Waals surface area contributed by atoms with E-state index in [0.29, 0.717) is 27.4 Å². The van der Waals surface area contributed by atoms with E-state index in [9.17, 15) is 14.0 Å². The molecule has 144 valence electrons. The number of ketones is 1. The van der Waals surface area contributed by atoms with Gasteiger partial charge in [0, 0.05) is 11.8 Å². The normalized spacial score (nSPS) is 11.0. The summed E-state index contributed by atoms with van der Waals surface area (Å²) in [5.41, 5.74) is 1.68. The number of hydrogen-bond acceptors (Lipinski definition) is 5. The molecule has 0 aliphatic rings. The number of halogens is 1. The van der Waals surface area contributed by atoms with Gasteiger partial charge in [0.1, 0.15) is 11.6 Å². The Hall–Kier alpha value is -3.32. The summed E-state index contributed by atoms with van der Waals surface area (Å²) in [4.78, 5) is 34.6. The number of carbonyl (C=O) groups excluding carboxylic acids is 1. The fourth-order valence-corrected chi connectivity index (χ4v) is 3.75. The van der Waals surface area contributed by atoms with Crippen molar-refractivity contribution in [1.82, 2.24) is 14.5 Å². The Morgan fingerprint density at radius 3 is 2.55 bits per heavy atom. The number of aromatic nitrogens is 3. The highest BCUT2D eigenvalue weighted by atomic mass is 32.2. The van der Waals surface area contributed by atoms with E-state index in [1.54, 1.807) is 36.5 Å². The Bertz CT molecular complexity index is 1250. The molecule has 0 radical (unpaired) electrons. The number of carbonyl (C=O) groups is 1. The molecule has 2 aromatic carbocycles. The van der Waals surface area contributed by atoms with E-state index in [2.05, 4.69) is 9.97 Å². The zero-order chi connectivity index (χ0) is 20.4. The molecular weight excluding hydrogens is 389 g/mol. The van der Waals surface area contributed by atoms with Gasteiger partial charge < -0.3 is 0 Å². The van der Waals surface area contributed by atoms with Crippen molar-refractivity contribution < 1.29 is 9.18 Å². The van der Waals surface area contributed by atoms with Crippen LogP contribution in [0.5, 0.6) is 0 Å². The molecule has 0 aliphatic heterocycles. The van der Waals surface area contributed by atoms with Gasteiger partial charge in [-0.2, -0.15) is 0 Å². The molecule has 0 fully saturated rings. The minimum Gasteiger partial charge on any atom is -0.293 e. The fraction of sp³-hybridized carbons (Fsp3) is 0.0909. The van der Waals surface area contributed by atoms with Crippen molar-refractivity contribution in [2.24, 2.45) is 0 Å². The van der Waals surface area contributed by atoms with Gasteiger partial charge in [0.05, 0.1) is 16.7 Å². The summed E-state index contributed by atoms with van der Waals surface area (Å²) in [6.07, 6.45) is 1.68. The monoisotopic (exact) mass is 405 g/mol. The first-order valence-electron chi connectivity index (χ1n) is 8.89. The lowest BCUT2D eigenvalue weighted by atomic mass is 10.1. The summed E-state index contributed by atoms with van der Waals surface area (Å²) in [6, 6.07) is 16.1. The Balaban J connectivity index is 1.75. The van der Waals surface area contributed by atoms with E-state index in [1.807, 2.05) is 13.0 Å². The first-order chi connectivity index (χ1) is 14.0. The summed E-state index contributed by atoms with van der Waals surface area (Å²) < 4.78 is 14.5. The largest absolute Gasteiger partial charge is 0.293 e. The number of fused-ring (bicyclic) bond motifs is 1. The molecule has 0 aliphatic carbocycles. The number of nitrogens with zero attached hydrogens (tertiary/aromatic N) is 3. The molecule has 7 heteroatoms. The number of benzene rings is 2. The molecule has 0 N–H and O–H groups in total. The maximum atomic E-state index is 13.1. The van der Waals surface area contributed by atoms with Crippen LogP contribution in [0, 0.1) is 12.7 Å². The Morgan fingerprint density at radius 2 is 1.83 bits per heavy atom. The Labute approximate surface area is 170 Å². The van der Waals surface area contributed by atoms with Crippen LogP contribution < -0.4 is 5.56 Å². The molecule has 0 unspecified atom stereocenters. The first-order valence-corrected chi connectivity index (χ1v) is 9.88. The second kappa shape index (κ2) is 7.97. The van der Waals surface area contributed by atoms with Gasteiger partial charge in [-0.1, -0.05) is 30.0 Å². The van der Waals surface area contributed by atoms with Crippen molar-refractivity contribution in [1.29, 1.82) is 0 Å². The molecule has 0 atom stereocenters. The number of hydrogen-bond donors (Lipinski definition) is 0. The molecule has 4 rings (SSSR count). The highest BCUT2D eigenvalue weighted by molar-refractivity contribution is 7.99. The quantitative estimate of drug-likeness (QED) is 0.283. The summed E-state index contributed by atoms with van der Waals surface area (Å²) >= 11 is 1.15. The smallest absolute Gasteiger partial charge is 0.267 e. The van der Waals surface area contributed by atoms with Gasteiger partial charge >= 0.3 is 0 Å². The van der Waals surface area contributed by atoms with Crippen molar-refractivity contribution in [3.63, 3.8) is 0 Å². The Kier molecular flexibility index (Phi) is 5.22. The molecule has 5 nitrogen and oxygen atoms in total. The van der Waals surface area contributed by atoms with Gasteiger partial charge in [-0.15, -0.1) is 0 Å². The summed E-state index contributed by atoms with van der Waals surface area (Å²) in [5.74, 6) is -0.0801. The van der Waals surface area contributed by atoms with Crippen molar-refractivity contribution >= 4 is 28.4 Å². The number of thioether (sulfide) groups is 1. The second-order valence-corrected chi connectivity index (χ2v) is 7.41. The zero-order valence-electron chi connectivity index (χ0n) is 15.5. The topological polar surface area (TPSA) is 64.8 Å². The summed E-state index contributed by atoms with van der Waals surface area (Å²) in [6.45, 7) is 1.91. The van der Waals surface area contributed by atoms with Gasteiger partial charge in [-0.05, 0) is 55.0 Å². The third-order valence-electron chi connectivity index (χ3n) is 4.37. The van der Waals surface area contributed by atoms with E-state index in [1.165, 1.54) is 28.8 Å². The van der Waals surface area contributed by atoms with Crippen LogP contribution in [0.2, 0.25) is 0 Å². The van der Waals surface area contributed by atoms with Gasteiger partial charge in [0.15, 0.2) is 10.9 Å². The van der Waals surface area contributed by atoms with Crippen LogP contribution in [0.3, 0.4) is 0 Å². The minimum absolute atomic E-state index is 0.0578. The van der Waals surface area contributed by atoms with Crippen LogP contribution >= 0.6 is 11.8 Å². The molecule has 2 heterocycles. The zero-order valence-corrected chi connectivity index (χ0v) is 16.3. The SMILES string of the molecule is Cc1ccc(-n2c(SCC(=O)c3ccc(F)cc3)nc3ccccc3c2=O)nc1. The van der Waals surface area contributed by atoms with E-state index < -0.39 is 5.82 Å². The molecule has 29 heavy (non-hydrogen) atoms. The number of para-hydroxylation sites is 1. The lowest BCUT2D eigenvalue weighted by Gasteiger charge is -2.12. The number of Topliss-reactive ketones (excluding diaryl/α,β-unsaturated/α-hetero) is 1. The highest BCUT2D eigenvalue weighted by Gasteiger charge is 2.16. The predicted octanol–water partition coefficient (Wildman–Crippen LogP) is 4.20. The average molecular weight is 405 g/mol. The standard InChI is InChI=1S/C22H16FN3O2S/c1-14-6-11-20(24-12-14)26-21(28)17-4-2-3-5-18(17)25-22(26)29-13-19(27)15-7-9-16(23)10-8-15/h2-12H,13H2,1H3. The van der Waals surface area contributed by atoms with Gasteiger partial charge in [0.25, 0.3) is 5.56 Å². The lowest BCUT2D eigenvalue weighted by molar-refractivity contribution is 0.102. The number of aryl methyl sites for hydroxylation is 1. The van der Waals surface area contributed by atoms with E-state index >= 15 is 0 Å². The van der Waals surface area contributed by atoms with E-state index in [-0.39, 0.29) is 17.1 Å². The van der Waals surface area contributed by atoms with Crippen molar-refractivity contribution in [3.05, 3.63) is 94.2 Å². The van der Waals surface area contributed by atoms with E-state index in [4.69, 9.17) is 0 Å². The van der Waals surface area contributed by atoms with Crippen molar-refractivity contribution in [3.8, 4) is 5.82 Å². The number of rotatable bonds is 5. The fourth-order valence-electron chi connectivity index (χ4n) is 2.85. The maximum Gasteiger partial charge on any atom is 0.267 e. The van der Waals surface area contributed by atoms with Crippen LogP contribution in [0.25, 0.3) is 16.7 Å². The highest BCUT2D eigenvalue weighted by Crippen LogP contribution is 2.22. The molecule has 2 aromatic heterocycles. The first kappa shape index (κ1) is 19.0. The van der Waals surface area contributed by atoms with Crippen molar-refractivity contribution in [2.45, 2.75) is 12.1 Å². The molecule has 4 aromatic rings. The second-order valence-electron chi connectivity index (χ2n) is 6.46. The maximum absolute atomic E-state index is 13.1. The molecule has 0 saturated carbocycles. The molecule has 0 saturated heterocycles. The third kappa shape index (κ3) is 3.95. The lowest BCUT2D eigenvalue weighted by Crippen LogP contribution is -2.23. The minimum atomic E-state index is -0.398. The summed E-state index contributed by atoms with van der Waals surface area (Å²) in [5, 5.41) is 0.851. The van der Waals surface area contributed by atoms with Gasteiger partial charge in [-0.3, -0.25) is 9.59 Å². The van der Waals surface area contributed by atoms with Gasteiger partial charge in [-0.25, -0.2) is 18.9 Å². The molecule has 0 spiro atoms. The number of pyridine rings is 1. The van der Waals surface area contributed by atoms with E-state index in [0.717, 1.165) is 17.3 Å². The average Bonchev–Trinajstić information content (AvgIpc) is 2.73. The molecule has 0 bridgehead atoms. The third-order valence-corrected chi connectivity index (χ3v) is 5.31. The molecular formula is C22H16FN3O2S. The van der Waals surface area contributed by atoms with Crippen LogP contribution in [0.15, 0.2) is 76.8 Å². The van der Waals surface area contributed by atoms with Crippen LogP contribution in [0.4, 0.5) is 4.39 Å². The summed E-state index contributed by atoms with van der Waals surface area (Å²) in [7, 11) is 0. The predicted molar refractivity (Wildman–Crippen MR) is 111 cm³/mol. The van der Waals surface area contributed by atoms with Crippen LogP contribution in [-0.2, 0) is 0 Å².